The van der Waals surface area contributed by atoms with Gasteiger partial charge in [0, 0.05) is 16.6 Å². The van der Waals surface area contributed by atoms with Crippen LogP contribution in [0.4, 0.5) is 4.39 Å². The van der Waals surface area contributed by atoms with Crippen molar-refractivity contribution in [2.45, 2.75) is 24.6 Å². The van der Waals surface area contributed by atoms with Crippen LogP contribution in [0.2, 0.25) is 0 Å². The minimum atomic E-state index is -0.857. The van der Waals surface area contributed by atoms with Gasteiger partial charge in [-0.1, -0.05) is 12.1 Å². The van der Waals surface area contributed by atoms with Crippen LogP contribution in [0.3, 0.4) is 0 Å². The second kappa shape index (κ2) is 6.89. The Morgan fingerprint density at radius 3 is 2.71 bits per heavy atom. The molecule has 3 atom stereocenters. The van der Waals surface area contributed by atoms with E-state index in [4.69, 9.17) is 4.74 Å². The summed E-state index contributed by atoms with van der Waals surface area (Å²) >= 11 is 1.43. The van der Waals surface area contributed by atoms with Gasteiger partial charge in [-0.2, -0.15) is 0 Å². The molecule has 0 bridgehead atoms. The summed E-state index contributed by atoms with van der Waals surface area (Å²) in [5.41, 5.74) is 0.717. The third-order valence-electron chi connectivity index (χ3n) is 3.46. The van der Waals surface area contributed by atoms with Crippen molar-refractivity contribution in [3.63, 3.8) is 0 Å². The lowest BCUT2D eigenvalue weighted by Crippen LogP contribution is -2.31. The monoisotopic (exact) mass is 313 g/mol. The van der Waals surface area contributed by atoms with Gasteiger partial charge in [-0.15, -0.1) is 11.8 Å². The summed E-state index contributed by atoms with van der Waals surface area (Å²) in [6.07, 6.45) is 0.0458. The Hall–Kier alpha value is -1.63. The molecule has 1 saturated heterocycles. The Kier molecular flexibility index (Phi) is 5.17. The van der Waals surface area contributed by atoms with Crippen molar-refractivity contribution < 1.29 is 18.8 Å². The molecule has 0 N–H and O–H groups in total. The number of rotatable bonds is 5. The van der Waals surface area contributed by atoms with E-state index < -0.39 is 12.0 Å². The van der Waals surface area contributed by atoms with Crippen molar-refractivity contribution in [1.82, 2.24) is 0 Å². The Balaban J connectivity index is 2.15. The first-order valence-corrected chi connectivity index (χ1v) is 7.74. The van der Waals surface area contributed by atoms with E-state index in [9.17, 15) is 19.3 Å². The number of benzene rings is 1. The second-order valence-corrected chi connectivity index (χ2v) is 6.03. The Morgan fingerprint density at radius 2 is 2.14 bits per heavy atom. The zero-order chi connectivity index (χ0) is 15.4. The molecule has 1 aliphatic heterocycles. The molecule has 1 aromatic rings. The first-order chi connectivity index (χ1) is 10.0. The smallest absolute Gasteiger partial charge is 0.306 e. The summed E-state index contributed by atoms with van der Waals surface area (Å²) in [5.74, 6) is -0.622. The molecule has 114 valence electrons. The van der Waals surface area contributed by atoms with Gasteiger partial charge in [0.15, 0.2) is 0 Å². The third-order valence-corrected chi connectivity index (χ3v) is 4.99. The number of esters is 1. The van der Waals surface area contributed by atoms with Crippen LogP contribution in [0.5, 0.6) is 0 Å². The Morgan fingerprint density at radius 1 is 1.48 bits per heavy atom. The van der Waals surface area contributed by atoms with E-state index in [2.05, 4.69) is 0 Å². The lowest BCUT2D eigenvalue weighted by molar-refractivity contribution is -0.529. The van der Waals surface area contributed by atoms with Gasteiger partial charge in [0.05, 0.1) is 18.3 Å². The maximum Gasteiger partial charge on any atom is 0.306 e. The van der Waals surface area contributed by atoms with Gasteiger partial charge in [0.1, 0.15) is 5.82 Å². The SMILES string of the molecule is CCOC(=O)C[C@@H]1CS[C@@H](c2ccc(F)cc2)[C@@H]1[N+](=O)[O-]. The van der Waals surface area contributed by atoms with E-state index in [1.54, 1.807) is 19.1 Å². The Labute approximate surface area is 126 Å². The van der Waals surface area contributed by atoms with Gasteiger partial charge in [-0.05, 0) is 24.6 Å². The number of carbonyl (C=O) groups excluding carboxylic acids is 1. The second-order valence-electron chi connectivity index (χ2n) is 4.85. The standard InChI is InChI=1S/C14H16FNO4S/c1-2-20-12(17)7-10-8-21-14(13(10)16(18)19)9-3-5-11(15)6-4-9/h3-6,10,13-14H,2,7-8H2,1H3/t10-,13-,14+/m1/s1. The minimum Gasteiger partial charge on any atom is -0.466 e. The van der Waals surface area contributed by atoms with Crippen LogP contribution >= 0.6 is 11.8 Å². The summed E-state index contributed by atoms with van der Waals surface area (Å²) in [5, 5.41) is 11.0. The van der Waals surface area contributed by atoms with Crippen molar-refractivity contribution in [3.8, 4) is 0 Å². The highest BCUT2D eigenvalue weighted by Crippen LogP contribution is 2.46. The molecule has 5 nitrogen and oxygen atoms in total. The average molecular weight is 313 g/mol. The van der Waals surface area contributed by atoms with E-state index in [0.717, 1.165) is 5.56 Å². The molecular formula is C14H16FNO4S. The zero-order valence-corrected chi connectivity index (χ0v) is 12.3. The van der Waals surface area contributed by atoms with Crippen LogP contribution in [-0.2, 0) is 9.53 Å². The molecule has 0 spiro atoms. The highest BCUT2D eigenvalue weighted by Gasteiger charge is 2.47. The molecule has 0 radical (unpaired) electrons. The van der Waals surface area contributed by atoms with Crippen LogP contribution in [0, 0.1) is 21.8 Å². The van der Waals surface area contributed by atoms with E-state index in [1.807, 2.05) is 0 Å². The molecule has 21 heavy (non-hydrogen) atoms. The van der Waals surface area contributed by atoms with E-state index >= 15 is 0 Å². The van der Waals surface area contributed by atoms with Gasteiger partial charge in [0.25, 0.3) is 0 Å². The number of thioether (sulfide) groups is 1. The number of nitro groups is 1. The molecule has 0 aliphatic carbocycles. The maximum absolute atomic E-state index is 13.0. The number of carbonyl (C=O) groups is 1. The first kappa shape index (κ1) is 15.8. The van der Waals surface area contributed by atoms with E-state index in [-0.39, 0.29) is 34.9 Å². The average Bonchev–Trinajstić information content (AvgIpc) is 2.83. The van der Waals surface area contributed by atoms with Crippen LogP contribution in [0.15, 0.2) is 24.3 Å². The number of hydrogen-bond donors (Lipinski definition) is 0. The summed E-state index contributed by atoms with van der Waals surface area (Å²) in [4.78, 5) is 22.6. The van der Waals surface area contributed by atoms with Gasteiger partial charge in [-0.25, -0.2) is 4.39 Å². The van der Waals surface area contributed by atoms with Crippen LogP contribution in [-0.4, -0.2) is 29.3 Å². The highest BCUT2D eigenvalue weighted by atomic mass is 32.2. The number of halogens is 1. The summed E-state index contributed by atoms with van der Waals surface area (Å²) < 4.78 is 17.8. The van der Waals surface area contributed by atoms with Gasteiger partial charge >= 0.3 is 5.97 Å². The molecule has 0 unspecified atom stereocenters. The zero-order valence-electron chi connectivity index (χ0n) is 11.5. The summed E-state index contributed by atoms with van der Waals surface area (Å²) in [7, 11) is 0. The number of nitrogens with zero attached hydrogens (tertiary/aromatic N) is 1. The number of hydrogen-bond acceptors (Lipinski definition) is 5. The molecule has 1 aliphatic rings. The van der Waals surface area contributed by atoms with Gasteiger partial charge in [-0.3, -0.25) is 14.9 Å². The highest BCUT2D eigenvalue weighted by molar-refractivity contribution is 7.99. The van der Waals surface area contributed by atoms with Crippen LogP contribution < -0.4 is 0 Å². The minimum absolute atomic E-state index is 0.0458. The predicted molar refractivity (Wildman–Crippen MR) is 77.1 cm³/mol. The topological polar surface area (TPSA) is 69.4 Å². The van der Waals surface area contributed by atoms with E-state index in [1.165, 1.54) is 23.9 Å². The van der Waals surface area contributed by atoms with Crippen LogP contribution in [0.25, 0.3) is 0 Å². The van der Waals surface area contributed by atoms with Gasteiger partial charge < -0.3 is 4.74 Å². The lowest BCUT2D eigenvalue weighted by atomic mass is 9.93. The molecule has 0 amide bonds. The number of ether oxygens (including phenoxy) is 1. The maximum atomic E-state index is 13.0. The van der Waals surface area contributed by atoms with Crippen molar-refractivity contribution >= 4 is 17.7 Å². The van der Waals surface area contributed by atoms with Crippen molar-refractivity contribution in [3.05, 3.63) is 45.8 Å². The first-order valence-electron chi connectivity index (χ1n) is 6.69. The fraction of sp³-hybridized carbons (Fsp3) is 0.500. The predicted octanol–water partition coefficient (Wildman–Crippen LogP) is 2.83. The summed E-state index contributed by atoms with van der Waals surface area (Å²) in [6, 6.07) is 4.87. The lowest BCUT2D eigenvalue weighted by Gasteiger charge is -2.16. The molecule has 1 heterocycles. The molecule has 2 rings (SSSR count). The normalized spacial score (nSPS) is 24.8. The molecule has 0 aromatic heterocycles. The van der Waals surface area contributed by atoms with Crippen molar-refractivity contribution in [2.24, 2.45) is 5.92 Å². The molecule has 7 heteroatoms. The molecule has 0 saturated carbocycles. The van der Waals surface area contributed by atoms with E-state index in [0.29, 0.717) is 5.75 Å². The fourth-order valence-corrected chi connectivity index (χ4v) is 4.15. The fourth-order valence-electron chi connectivity index (χ4n) is 2.51. The molecular weight excluding hydrogens is 297 g/mol. The Bertz CT molecular complexity index is 522. The summed E-state index contributed by atoms with van der Waals surface area (Å²) in [6.45, 7) is 1.97. The molecule has 1 aromatic carbocycles. The van der Waals surface area contributed by atoms with Crippen molar-refractivity contribution in [2.75, 3.05) is 12.4 Å². The largest absolute Gasteiger partial charge is 0.466 e. The quantitative estimate of drug-likeness (QED) is 0.475. The van der Waals surface area contributed by atoms with Gasteiger partial charge in [0.2, 0.25) is 6.04 Å². The van der Waals surface area contributed by atoms with Crippen molar-refractivity contribution in [1.29, 1.82) is 0 Å². The molecule has 1 fully saturated rings. The van der Waals surface area contributed by atoms with Crippen LogP contribution in [0.1, 0.15) is 24.2 Å². The third kappa shape index (κ3) is 3.72.